The molecule has 1 saturated carbocycles. The first-order chi connectivity index (χ1) is 9.22. The first kappa shape index (κ1) is 13.8. The summed E-state index contributed by atoms with van der Waals surface area (Å²) in [5.41, 5.74) is 1.69. The van der Waals surface area contributed by atoms with E-state index >= 15 is 0 Å². The molecule has 0 saturated heterocycles. The standard InChI is InChI=1S/C16H20O3/c1-2-19-16(18)15(17)14-10-8-13(9-11-14)12-6-4-3-5-7-12/h8-12H,2-7H2,1H3. The molecule has 1 fully saturated rings. The van der Waals surface area contributed by atoms with Crippen LogP contribution in [-0.4, -0.2) is 18.4 Å². The van der Waals surface area contributed by atoms with Crippen molar-refractivity contribution in [2.75, 3.05) is 6.61 Å². The Kier molecular flexibility index (Phi) is 4.72. The molecular formula is C16H20O3. The molecular weight excluding hydrogens is 240 g/mol. The summed E-state index contributed by atoms with van der Waals surface area (Å²) in [6, 6.07) is 7.43. The first-order valence-corrected chi connectivity index (χ1v) is 7.03. The molecule has 102 valence electrons. The lowest BCUT2D eigenvalue weighted by molar-refractivity contribution is -0.137. The fraction of sp³-hybridized carbons (Fsp3) is 0.500. The molecule has 2 rings (SSSR count). The van der Waals surface area contributed by atoms with E-state index in [9.17, 15) is 9.59 Å². The molecule has 3 nitrogen and oxygen atoms in total. The highest BCUT2D eigenvalue weighted by molar-refractivity contribution is 6.40. The predicted octanol–water partition coefficient (Wildman–Crippen LogP) is 3.48. The van der Waals surface area contributed by atoms with Crippen molar-refractivity contribution in [1.82, 2.24) is 0 Å². The summed E-state index contributed by atoms with van der Waals surface area (Å²) in [5, 5.41) is 0. The van der Waals surface area contributed by atoms with Crippen LogP contribution < -0.4 is 0 Å². The molecule has 0 amide bonds. The van der Waals surface area contributed by atoms with Gasteiger partial charge in [0.15, 0.2) is 0 Å². The topological polar surface area (TPSA) is 43.4 Å². The van der Waals surface area contributed by atoms with Crippen LogP contribution in [0.4, 0.5) is 0 Å². The van der Waals surface area contributed by atoms with Crippen molar-refractivity contribution in [2.24, 2.45) is 0 Å². The van der Waals surface area contributed by atoms with Crippen molar-refractivity contribution in [3.8, 4) is 0 Å². The highest BCUT2D eigenvalue weighted by atomic mass is 16.5. The zero-order chi connectivity index (χ0) is 13.7. The van der Waals surface area contributed by atoms with Gasteiger partial charge in [-0.25, -0.2) is 4.79 Å². The normalized spacial score (nSPS) is 16.1. The molecule has 19 heavy (non-hydrogen) atoms. The van der Waals surface area contributed by atoms with Gasteiger partial charge in [0.05, 0.1) is 6.61 Å². The molecule has 1 aliphatic carbocycles. The third kappa shape index (κ3) is 3.43. The van der Waals surface area contributed by atoms with Crippen molar-refractivity contribution in [2.45, 2.75) is 44.9 Å². The minimum atomic E-state index is -0.770. The number of rotatable bonds is 4. The van der Waals surface area contributed by atoms with E-state index in [2.05, 4.69) is 0 Å². The summed E-state index contributed by atoms with van der Waals surface area (Å²) >= 11 is 0. The summed E-state index contributed by atoms with van der Waals surface area (Å²) in [6.07, 6.45) is 6.36. The van der Waals surface area contributed by atoms with E-state index in [0.717, 1.165) is 0 Å². The van der Waals surface area contributed by atoms with E-state index in [1.807, 2.05) is 12.1 Å². The van der Waals surface area contributed by atoms with E-state index in [1.165, 1.54) is 37.7 Å². The van der Waals surface area contributed by atoms with Gasteiger partial charge in [-0.2, -0.15) is 0 Å². The third-order valence-electron chi connectivity index (χ3n) is 3.71. The van der Waals surface area contributed by atoms with E-state index in [-0.39, 0.29) is 6.61 Å². The molecule has 0 spiro atoms. The lowest BCUT2D eigenvalue weighted by Gasteiger charge is -2.21. The van der Waals surface area contributed by atoms with Gasteiger partial charge in [0.2, 0.25) is 0 Å². The van der Waals surface area contributed by atoms with Gasteiger partial charge in [0, 0.05) is 5.56 Å². The highest BCUT2D eigenvalue weighted by Gasteiger charge is 2.19. The molecule has 0 bridgehead atoms. The van der Waals surface area contributed by atoms with Crippen molar-refractivity contribution >= 4 is 11.8 Å². The maximum atomic E-state index is 11.7. The Bertz CT molecular complexity index is 442. The van der Waals surface area contributed by atoms with Crippen LogP contribution in [0, 0.1) is 0 Å². The Morgan fingerprint density at radius 2 is 1.74 bits per heavy atom. The van der Waals surface area contributed by atoms with E-state index in [0.29, 0.717) is 11.5 Å². The predicted molar refractivity (Wildman–Crippen MR) is 73.2 cm³/mol. The van der Waals surface area contributed by atoms with Crippen LogP contribution in [-0.2, 0) is 9.53 Å². The third-order valence-corrected chi connectivity index (χ3v) is 3.71. The number of ether oxygens (including phenoxy) is 1. The average molecular weight is 260 g/mol. The Morgan fingerprint density at radius 3 is 2.32 bits per heavy atom. The van der Waals surface area contributed by atoms with Crippen LogP contribution in [0.3, 0.4) is 0 Å². The number of carbonyl (C=O) groups excluding carboxylic acids is 2. The largest absolute Gasteiger partial charge is 0.460 e. The molecule has 3 heteroatoms. The van der Waals surface area contributed by atoms with Crippen LogP contribution >= 0.6 is 0 Å². The molecule has 0 heterocycles. The van der Waals surface area contributed by atoms with E-state index < -0.39 is 11.8 Å². The van der Waals surface area contributed by atoms with Gasteiger partial charge in [0.1, 0.15) is 0 Å². The van der Waals surface area contributed by atoms with Gasteiger partial charge < -0.3 is 4.74 Å². The van der Waals surface area contributed by atoms with Gasteiger partial charge in [-0.3, -0.25) is 4.79 Å². The van der Waals surface area contributed by atoms with E-state index in [4.69, 9.17) is 4.74 Å². The summed E-state index contributed by atoms with van der Waals surface area (Å²) in [7, 11) is 0. The van der Waals surface area contributed by atoms with E-state index in [1.54, 1.807) is 19.1 Å². The average Bonchev–Trinajstić information content (AvgIpc) is 2.48. The molecule has 1 aromatic carbocycles. The van der Waals surface area contributed by atoms with Crippen molar-refractivity contribution in [3.05, 3.63) is 35.4 Å². The van der Waals surface area contributed by atoms with Crippen LogP contribution in [0.2, 0.25) is 0 Å². The zero-order valence-electron chi connectivity index (χ0n) is 11.4. The van der Waals surface area contributed by atoms with Gasteiger partial charge in [0.25, 0.3) is 5.78 Å². The molecule has 0 atom stereocenters. The number of ketones is 1. The zero-order valence-corrected chi connectivity index (χ0v) is 11.4. The number of carbonyl (C=O) groups is 2. The number of Topliss-reactive ketones (excluding diaryl/α,β-unsaturated/α-hetero) is 1. The minimum absolute atomic E-state index is 0.227. The maximum absolute atomic E-state index is 11.7. The van der Waals surface area contributed by atoms with Gasteiger partial charge >= 0.3 is 5.97 Å². The second kappa shape index (κ2) is 6.50. The Labute approximate surface area is 114 Å². The summed E-state index contributed by atoms with van der Waals surface area (Å²) in [6.45, 7) is 1.92. The summed E-state index contributed by atoms with van der Waals surface area (Å²) < 4.78 is 4.72. The lowest BCUT2D eigenvalue weighted by atomic mass is 9.84. The van der Waals surface area contributed by atoms with Crippen LogP contribution in [0.15, 0.2) is 24.3 Å². The molecule has 0 unspecified atom stereocenters. The second-order valence-corrected chi connectivity index (χ2v) is 5.01. The molecule has 0 aliphatic heterocycles. The molecule has 0 radical (unpaired) electrons. The summed E-state index contributed by atoms with van der Waals surface area (Å²) in [4.78, 5) is 23.1. The number of hydrogen-bond donors (Lipinski definition) is 0. The molecule has 0 aromatic heterocycles. The number of esters is 1. The first-order valence-electron chi connectivity index (χ1n) is 7.03. The van der Waals surface area contributed by atoms with Crippen molar-refractivity contribution in [3.63, 3.8) is 0 Å². The monoisotopic (exact) mass is 260 g/mol. The van der Waals surface area contributed by atoms with Gasteiger partial charge in [-0.05, 0) is 31.2 Å². The van der Waals surface area contributed by atoms with Crippen LogP contribution in [0.25, 0.3) is 0 Å². The molecule has 1 aliphatic rings. The van der Waals surface area contributed by atoms with Gasteiger partial charge in [-0.1, -0.05) is 43.5 Å². The number of benzene rings is 1. The number of hydrogen-bond acceptors (Lipinski definition) is 3. The Morgan fingerprint density at radius 1 is 1.11 bits per heavy atom. The highest BCUT2D eigenvalue weighted by Crippen LogP contribution is 2.32. The molecule has 1 aromatic rings. The van der Waals surface area contributed by atoms with Crippen LogP contribution in [0.5, 0.6) is 0 Å². The SMILES string of the molecule is CCOC(=O)C(=O)c1ccc(C2CCCCC2)cc1. The van der Waals surface area contributed by atoms with Crippen molar-refractivity contribution < 1.29 is 14.3 Å². The quantitative estimate of drug-likeness (QED) is 0.473. The second-order valence-electron chi connectivity index (χ2n) is 5.01. The van der Waals surface area contributed by atoms with Gasteiger partial charge in [-0.15, -0.1) is 0 Å². The Balaban J connectivity index is 2.05. The molecule has 0 N–H and O–H groups in total. The summed E-state index contributed by atoms with van der Waals surface area (Å²) in [5.74, 6) is -0.717. The maximum Gasteiger partial charge on any atom is 0.379 e. The fourth-order valence-electron chi connectivity index (χ4n) is 2.66. The van der Waals surface area contributed by atoms with Crippen LogP contribution in [0.1, 0.15) is 60.9 Å². The smallest absolute Gasteiger partial charge is 0.379 e. The Hall–Kier alpha value is -1.64. The lowest BCUT2D eigenvalue weighted by Crippen LogP contribution is -2.17. The van der Waals surface area contributed by atoms with Crippen molar-refractivity contribution in [1.29, 1.82) is 0 Å². The fourth-order valence-corrected chi connectivity index (χ4v) is 2.66. The minimum Gasteiger partial charge on any atom is -0.460 e.